The van der Waals surface area contributed by atoms with Crippen molar-refractivity contribution in [2.75, 3.05) is 16.0 Å². The number of oxazole rings is 1. The first-order valence-electron chi connectivity index (χ1n) is 13.6. The molecule has 0 aliphatic carbocycles. The van der Waals surface area contributed by atoms with E-state index in [9.17, 15) is 18.3 Å². The van der Waals surface area contributed by atoms with Crippen LogP contribution in [0, 0.1) is 25.1 Å². The fourth-order valence-corrected chi connectivity index (χ4v) is 8.82. The van der Waals surface area contributed by atoms with E-state index >= 15 is 4.39 Å². The van der Waals surface area contributed by atoms with Gasteiger partial charge >= 0.3 is 0 Å². The summed E-state index contributed by atoms with van der Waals surface area (Å²) in [6.07, 6.45) is 0.277. The SMILES string of the molecule is Cc1nc(C(=O)N2c3cccc(O)c3NC3=C(C2c2ccc(OCc4ccsc4)cc2F)S(=O)(=O)CC(C)(C)C3)c(C)o1. The lowest BCUT2D eigenvalue weighted by molar-refractivity contribution is 0.0974. The van der Waals surface area contributed by atoms with Crippen LogP contribution in [-0.2, 0) is 16.4 Å². The predicted molar refractivity (Wildman–Crippen MR) is 162 cm³/mol. The van der Waals surface area contributed by atoms with Gasteiger partial charge in [-0.1, -0.05) is 19.9 Å². The van der Waals surface area contributed by atoms with E-state index < -0.39 is 33.0 Å². The summed E-state index contributed by atoms with van der Waals surface area (Å²) in [6.45, 7) is 7.05. The summed E-state index contributed by atoms with van der Waals surface area (Å²) in [7, 11) is -4.06. The van der Waals surface area contributed by atoms with Crippen molar-refractivity contribution in [3.05, 3.63) is 98.1 Å². The summed E-state index contributed by atoms with van der Waals surface area (Å²) in [5.41, 5.74) is 0.734. The number of carbonyl (C=O) groups is 1. The van der Waals surface area contributed by atoms with Crippen LogP contribution < -0.4 is 15.0 Å². The number of amides is 1. The number of nitrogens with one attached hydrogen (secondary N) is 1. The quantitative estimate of drug-likeness (QED) is 0.237. The topological polar surface area (TPSA) is 122 Å². The van der Waals surface area contributed by atoms with Gasteiger partial charge in [0.2, 0.25) is 0 Å². The summed E-state index contributed by atoms with van der Waals surface area (Å²) in [4.78, 5) is 19.7. The first-order chi connectivity index (χ1) is 20.3. The Kier molecular flexibility index (Phi) is 7.09. The van der Waals surface area contributed by atoms with Gasteiger partial charge in [0.15, 0.2) is 21.4 Å². The Labute approximate surface area is 252 Å². The zero-order valence-electron chi connectivity index (χ0n) is 24.0. The molecule has 0 spiro atoms. The average molecular weight is 624 g/mol. The smallest absolute Gasteiger partial charge is 0.281 e. The molecule has 224 valence electrons. The molecule has 0 saturated carbocycles. The van der Waals surface area contributed by atoms with Gasteiger partial charge < -0.3 is 19.6 Å². The summed E-state index contributed by atoms with van der Waals surface area (Å²) in [6, 6.07) is 9.21. The minimum Gasteiger partial charge on any atom is -0.506 e. The van der Waals surface area contributed by atoms with Crippen molar-refractivity contribution in [3.63, 3.8) is 0 Å². The fourth-order valence-electron chi connectivity index (χ4n) is 5.81. The molecule has 1 atom stereocenters. The highest BCUT2D eigenvalue weighted by molar-refractivity contribution is 7.95. The molecule has 4 aromatic rings. The van der Waals surface area contributed by atoms with Crippen molar-refractivity contribution < 1.29 is 31.9 Å². The molecule has 6 rings (SSSR count). The standard InChI is InChI=1S/C31H30FN3O6S2/c1-17-26(33-18(2)41-17)30(37)35-24-6-5-7-25(36)27(24)34-23-13-31(3,4)16-43(38,39)29(23)28(35)21-9-8-20(12-22(21)32)40-14-19-10-11-42-15-19/h5-12,15,28,34,36H,13-14,16H2,1-4H3. The Morgan fingerprint density at radius 3 is 2.72 bits per heavy atom. The van der Waals surface area contributed by atoms with Crippen LogP contribution in [-0.4, -0.2) is 30.2 Å². The molecule has 0 saturated heterocycles. The number of anilines is 2. The number of aromatic nitrogens is 1. The highest BCUT2D eigenvalue weighted by Crippen LogP contribution is 2.52. The number of hydrogen-bond acceptors (Lipinski definition) is 9. The molecule has 0 fully saturated rings. The van der Waals surface area contributed by atoms with Crippen LogP contribution in [0.25, 0.3) is 0 Å². The molecule has 2 aliphatic rings. The number of allylic oxidation sites excluding steroid dienone is 1. The molecule has 1 unspecified atom stereocenters. The number of halogens is 1. The molecule has 0 bridgehead atoms. The second-order valence-electron chi connectivity index (χ2n) is 11.6. The van der Waals surface area contributed by atoms with Gasteiger partial charge in [-0.2, -0.15) is 11.3 Å². The number of para-hydroxylation sites is 1. The monoisotopic (exact) mass is 623 g/mol. The molecule has 2 aliphatic heterocycles. The van der Waals surface area contributed by atoms with Crippen molar-refractivity contribution in [1.29, 1.82) is 0 Å². The van der Waals surface area contributed by atoms with Gasteiger partial charge in [-0.25, -0.2) is 17.8 Å². The number of nitrogens with zero attached hydrogens (tertiary/aromatic N) is 2. The zero-order chi connectivity index (χ0) is 30.7. The number of aromatic hydroxyl groups is 1. The van der Waals surface area contributed by atoms with Crippen LogP contribution in [0.1, 0.15) is 59.6 Å². The van der Waals surface area contributed by atoms with E-state index in [1.165, 1.54) is 40.5 Å². The number of benzene rings is 2. The van der Waals surface area contributed by atoms with Gasteiger partial charge in [-0.15, -0.1) is 0 Å². The van der Waals surface area contributed by atoms with Crippen molar-refractivity contribution in [2.45, 2.75) is 46.8 Å². The van der Waals surface area contributed by atoms with Gasteiger partial charge in [-0.3, -0.25) is 9.69 Å². The van der Waals surface area contributed by atoms with Crippen LogP contribution in [0.5, 0.6) is 11.5 Å². The van der Waals surface area contributed by atoms with Crippen molar-refractivity contribution >= 4 is 38.5 Å². The minimum absolute atomic E-state index is 0.0505. The Hall–Kier alpha value is -4.16. The van der Waals surface area contributed by atoms with E-state index in [4.69, 9.17) is 9.15 Å². The molecule has 1 amide bonds. The number of phenols is 1. The van der Waals surface area contributed by atoms with E-state index in [1.807, 2.05) is 30.7 Å². The molecule has 2 aromatic carbocycles. The summed E-state index contributed by atoms with van der Waals surface area (Å²) < 4.78 is 55.8. The first kappa shape index (κ1) is 28.9. The number of ether oxygens (including phenoxy) is 1. The maximum absolute atomic E-state index is 16.2. The van der Waals surface area contributed by atoms with E-state index in [-0.39, 0.29) is 75.2 Å². The Morgan fingerprint density at radius 2 is 2.05 bits per heavy atom. The molecule has 0 radical (unpaired) electrons. The van der Waals surface area contributed by atoms with Crippen LogP contribution >= 0.6 is 11.3 Å². The van der Waals surface area contributed by atoms with Gasteiger partial charge in [0.1, 0.15) is 41.4 Å². The number of aryl methyl sites for hydroxylation is 2. The third-order valence-electron chi connectivity index (χ3n) is 7.51. The first-order valence-corrected chi connectivity index (χ1v) is 16.2. The average Bonchev–Trinajstić information content (AvgIpc) is 3.52. The van der Waals surface area contributed by atoms with Gasteiger partial charge in [-0.05, 0) is 65.4 Å². The fraction of sp³-hybridized carbons (Fsp3) is 0.290. The number of thiophene rings is 1. The number of fused-ring (bicyclic) bond motifs is 1. The molecular formula is C31H30FN3O6S2. The zero-order valence-corrected chi connectivity index (χ0v) is 25.6. The van der Waals surface area contributed by atoms with E-state index in [0.29, 0.717) is 0 Å². The number of hydrogen-bond donors (Lipinski definition) is 2. The van der Waals surface area contributed by atoms with Crippen molar-refractivity contribution in [1.82, 2.24) is 4.98 Å². The molecule has 43 heavy (non-hydrogen) atoms. The van der Waals surface area contributed by atoms with Crippen LogP contribution in [0.15, 0.2) is 68.2 Å². The maximum Gasteiger partial charge on any atom is 0.281 e. The third kappa shape index (κ3) is 5.29. The number of sulfone groups is 1. The largest absolute Gasteiger partial charge is 0.506 e. The van der Waals surface area contributed by atoms with E-state index in [0.717, 1.165) is 5.56 Å². The summed E-state index contributed by atoms with van der Waals surface area (Å²) in [5, 5.41) is 17.9. The molecule has 4 heterocycles. The molecule has 9 nitrogen and oxygen atoms in total. The van der Waals surface area contributed by atoms with Gasteiger partial charge in [0, 0.05) is 24.3 Å². The lowest BCUT2D eigenvalue weighted by atomic mass is 9.88. The predicted octanol–water partition coefficient (Wildman–Crippen LogP) is 6.65. The normalized spacial score (nSPS) is 18.8. The van der Waals surface area contributed by atoms with Crippen LogP contribution in [0.2, 0.25) is 0 Å². The van der Waals surface area contributed by atoms with E-state index in [2.05, 4.69) is 10.3 Å². The lowest BCUT2D eigenvalue weighted by Crippen LogP contribution is -2.41. The number of rotatable bonds is 5. The second kappa shape index (κ2) is 10.5. The highest BCUT2D eigenvalue weighted by atomic mass is 32.2. The number of carbonyl (C=O) groups excluding carboxylic acids is 1. The Bertz CT molecular complexity index is 1880. The second-order valence-corrected chi connectivity index (χ2v) is 14.3. The molecular weight excluding hydrogens is 593 g/mol. The summed E-state index contributed by atoms with van der Waals surface area (Å²) >= 11 is 1.52. The molecule has 12 heteroatoms. The van der Waals surface area contributed by atoms with E-state index in [1.54, 1.807) is 26.0 Å². The van der Waals surface area contributed by atoms with Crippen molar-refractivity contribution in [3.8, 4) is 11.5 Å². The Morgan fingerprint density at radius 1 is 1.26 bits per heavy atom. The molecule has 2 aromatic heterocycles. The van der Waals surface area contributed by atoms with Crippen LogP contribution in [0.4, 0.5) is 15.8 Å². The van der Waals surface area contributed by atoms with Gasteiger partial charge in [0.25, 0.3) is 5.91 Å². The number of phenolic OH excluding ortho intramolecular Hbond substituents is 1. The van der Waals surface area contributed by atoms with Crippen molar-refractivity contribution in [2.24, 2.45) is 5.41 Å². The molecule has 2 N–H and O–H groups in total. The Balaban J connectivity index is 1.59. The van der Waals surface area contributed by atoms with Gasteiger partial charge in [0.05, 0.1) is 16.3 Å². The lowest BCUT2D eigenvalue weighted by Gasteiger charge is -2.37. The maximum atomic E-state index is 16.2. The van der Waals surface area contributed by atoms with Crippen LogP contribution in [0.3, 0.4) is 0 Å². The third-order valence-corrected chi connectivity index (χ3v) is 10.5. The highest BCUT2D eigenvalue weighted by Gasteiger charge is 2.48. The minimum atomic E-state index is -4.06. The summed E-state index contributed by atoms with van der Waals surface area (Å²) in [5.74, 6) is -1.17.